The molecule has 0 spiro atoms. The van der Waals surface area contributed by atoms with Crippen LogP contribution in [0.15, 0.2) is 48.8 Å². The van der Waals surface area contributed by atoms with E-state index >= 15 is 0 Å². The number of pyridine rings is 1. The number of carbonyl (C=O) groups is 1. The van der Waals surface area contributed by atoms with E-state index in [1.165, 1.54) is 5.56 Å². The highest BCUT2D eigenvalue weighted by Crippen LogP contribution is 2.20. The minimum atomic E-state index is -0.916. The lowest BCUT2D eigenvalue weighted by Crippen LogP contribution is -2.37. The summed E-state index contributed by atoms with van der Waals surface area (Å²) in [6.07, 6.45) is 5.80. The van der Waals surface area contributed by atoms with Gasteiger partial charge in [0.15, 0.2) is 0 Å². The van der Waals surface area contributed by atoms with Crippen LogP contribution in [0.4, 0.5) is 0 Å². The largest absolute Gasteiger partial charge is 0.490 e. The van der Waals surface area contributed by atoms with Gasteiger partial charge in [0.1, 0.15) is 11.9 Å². The molecule has 0 aliphatic carbocycles. The SMILES string of the molecule is O=C(O)c1ccc(OC2CCN(Cc3ccncc3)CC2)cc1. The van der Waals surface area contributed by atoms with Crippen molar-refractivity contribution in [1.82, 2.24) is 9.88 Å². The van der Waals surface area contributed by atoms with Crippen LogP contribution in [0.2, 0.25) is 0 Å². The molecule has 0 saturated carbocycles. The fourth-order valence-electron chi connectivity index (χ4n) is 2.80. The zero-order valence-corrected chi connectivity index (χ0v) is 12.9. The van der Waals surface area contributed by atoms with Crippen molar-refractivity contribution in [3.63, 3.8) is 0 Å². The summed E-state index contributed by atoms with van der Waals surface area (Å²) in [4.78, 5) is 17.3. The highest BCUT2D eigenvalue weighted by molar-refractivity contribution is 5.87. The number of aromatic carboxylic acids is 1. The van der Waals surface area contributed by atoms with Gasteiger partial charge in [0.05, 0.1) is 5.56 Å². The van der Waals surface area contributed by atoms with Crippen molar-refractivity contribution in [1.29, 1.82) is 0 Å². The number of nitrogens with zero attached hydrogens (tertiary/aromatic N) is 2. The lowest BCUT2D eigenvalue weighted by Gasteiger charge is -2.32. The van der Waals surface area contributed by atoms with Gasteiger partial charge in [-0.05, 0) is 54.8 Å². The summed E-state index contributed by atoms with van der Waals surface area (Å²) in [5, 5.41) is 8.90. The predicted octanol–water partition coefficient (Wildman–Crippen LogP) is 2.82. The van der Waals surface area contributed by atoms with E-state index in [-0.39, 0.29) is 11.7 Å². The van der Waals surface area contributed by atoms with E-state index in [0.29, 0.717) is 0 Å². The molecule has 0 amide bonds. The summed E-state index contributed by atoms with van der Waals surface area (Å²) in [7, 11) is 0. The fourth-order valence-corrected chi connectivity index (χ4v) is 2.80. The summed E-state index contributed by atoms with van der Waals surface area (Å²) in [5.41, 5.74) is 1.56. The number of hydrogen-bond acceptors (Lipinski definition) is 4. The number of ether oxygens (including phenoxy) is 1. The molecule has 2 heterocycles. The quantitative estimate of drug-likeness (QED) is 0.920. The van der Waals surface area contributed by atoms with Crippen LogP contribution in [0.1, 0.15) is 28.8 Å². The first-order valence-corrected chi connectivity index (χ1v) is 7.82. The van der Waals surface area contributed by atoms with E-state index in [1.807, 2.05) is 24.5 Å². The molecule has 0 unspecified atom stereocenters. The Balaban J connectivity index is 1.48. The van der Waals surface area contributed by atoms with Gasteiger partial charge in [0.25, 0.3) is 0 Å². The monoisotopic (exact) mass is 312 g/mol. The van der Waals surface area contributed by atoms with Crippen LogP contribution in [-0.2, 0) is 6.54 Å². The molecule has 1 aromatic carbocycles. The van der Waals surface area contributed by atoms with Crippen molar-refractivity contribution in [3.8, 4) is 5.75 Å². The highest BCUT2D eigenvalue weighted by atomic mass is 16.5. The number of piperidine rings is 1. The third-order valence-corrected chi connectivity index (χ3v) is 4.09. The zero-order valence-electron chi connectivity index (χ0n) is 12.9. The number of carboxylic acids is 1. The van der Waals surface area contributed by atoms with Crippen LogP contribution in [0.3, 0.4) is 0 Å². The van der Waals surface area contributed by atoms with Crippen molar-refractivity contribution < 1.29 is 14.6 Å². The van der Waals surface area contributed by atoms with Gasteiger partial charge < -0.3 is 9.84 Å². The Labute approximate surface area is 135 Å². The van der Waals surface area contributed by atoms with E-state index in [2.05, 4.69) is 9.88 Å². The minimum absolute atomic E-state index is 0.194. The highest BCUT2D eigenvalue weighted by Gasteiger charge is 2.20. The number of rotatable bonds is 5. The molecule has 5 heteroatoms. The Morgan fingerprint density at radius 3 is 2.39 bits per heavy atom. The summed E-state index contributed by atoms with van der Waals surface area (Å²) < 4.78 is 5.96. The summed E-state index contributed by atoms with van der Waals surface area (Å²) >= 11 is 0. The second-order valence-electron chi connectivity index (χ2n) is 5.78. The van der Waals surface area contributed by atoms with E-state index in [4.69, 9.17) is 9.84 Å². The lowest BCUT2D eigenvalue weighted by atomic mass is 10.1. The second kappa shape index (κ2) is 7.24. The predicted molar refractivity (Wildman–Crippen MR) is 86.6 cm³/mol. The maximum absolute atomic E-state index is 10.8. The molecule has 23 heavy (non-hydrogen) atoms. The first-order valence-electron chi connectivity index (χ1n) is 7.82. The molecular weight excluding hydrogens is 292 g/mol. The van der Waals surface area contributed by atoms with E-state index in [0.717, 1.165) is 38.2 Å². The van der Waals surface area contributed by atoms with Crippen LogP contribution >= 0.6 is 0 Å². The molecule has 1 saturated heterocycles. The van der Waals surface area contributed by atoms with Crippen LogP contribution < -0.4 is 4.74 Å². The molecular formula is C18H20N2O3. The number of likely N-dealkylation sites (tertiary alicyclic amines) is 1. The fraction of sp³-hybridized carbons (Fsp3) is 0.333. The number of carboxylic acid groups (broad SMARTS) is 1. The maximum atomic E-state index is 10.8. The standard InChI is InChI=1S/C18H20N2O3/c21-18(22)15-1-3-16(4-2-15)23-17-7-11-20(12-8-17)13-14-5-9-19-10-6-14/h1-6,9-10,17H,7-8,11-13H2,(H,21,22). The molecule has 3 rings (SSSR count). The number of hydrogen-bond donors (Lipinski definition) is 1. The molecule has 0 atom stereocenters. The minimum Gasteiger partial charge on any atom is -0.490 e. The van der Waals surface area contributed by atoms with Crippen molar-refractivity contribution in [3.05, 3.63) is 59.9 Å². The molecule has 0 radical (unpaired) electrons. The van der Waals surface area contributed by atoms with Gasteiger partial charge in [-0.15, -0.1) is 0 Å². The van der Waals surface area contributed by atoms with Crippen molar-refractivity contribution >= 4 is 5.97 Å². The molecule has 0 bridgehead atoms. The van der Waals surface area contributed by atoms with Crippen LogP contribution in [0, 0.1) is 0 Å². The molecule has 1 aliphatic heterocycles. The third-order valence-electron chi connectivity index (χ3n) is 4.09. The Morgan fingerprint density at radius 2 is 1.78 bits per heavy atom. The summed E-state index contributed by atoms with van der Waals surface area (Å²) in [6, 6.07) is 10.7. The Hall–Kier alpha value is -2.40. The second-order valence-corrected chi connectivity index (χ2v) is 5.78. The first kappa shape index (κ1) is 15.5. The first-order chi connectivity index (χ1) is 11.2. The third kappa shape index (κ3) is 4.29. The van der Waals surface area contributed by atoms with Gasteiger partial charge >= 0.3 is 5.97 Å². The van der Waals surface area contributed by atoms with Crippen molar-refractivity contribution in [2.75, 3.05) is 13.1 Å². The Kier molecular flexibility index (Phi) is 4.88. The molecule has 5 nitrogen and oxygen atoms in total. The van der Waals surface area contributed by atoms with Gasteiger partial charge in [-0.2, -0.15) is 0 Å². The zero-order chi connectivity index (χ0) is 16.1. The molecule has 2 aromatic rings. The molecule has 1 aromatic heterocycles. The molecule has 1 N–H and O–H groups in total. The maximum Gasteiger partial charge on any atom is 0.335 e. The van der Waals surface area contributed by atoms with Crippen LogP contribution in [-0.4, -0.2) is 40.2 Å². The average molecular weight is 312 g/mol. The van der Waals surface area contributed by atoms with Gasteiger partial charge in [-0.3, -0.25) is 9.88 Å². The Bertz CT molecular complexity index is 635. The number of benzene rings is 1. The van der Waals surface area contributed by atoms with Crippen LogP contribution in [0.25, 0.3) is 0 Å². The van der Waals surface area contributed by atoms with Gasteiger partial charge in [0, 0.05) is 32.0 Å². The molecule has 1 aliphatic rings. The van der Waals surface area contributed by atoms with E-state index in [1.54, 1.807) is 24.3 Å². The van der Waals surface area contributed by atoms with Gasteiger partial charge in [0.2, 0.25) is 0 Å². The summed E-state index contributed by atoms with van der Waals surface area (Å²) in [6.45, 7) is 2.95. The molecule has 120 valence electrons. The summed E-state index contributed by atoms with van der Waals surface area (Å²) in [5.74, 6) is -0.177. The van der Waals surface area contributed by atoms with Crippen molar-refractivity contribution in [2.24, 2.45) is 0 Å². The molecule has 1 fully saturated rings. The Morgan fingerprint density at radius 1 is 1.13 bits per heavy atom. The smallest absolute Gasteiger partial charge is 0.335 e. The topological polar surface area (TPSA) is 62.7 Å². The van der Waals surface area contributed by atoms with E-state index in [9.17, 15) is 4.79 Å². The van der Waals surface area contributed by atoms with E-state index < -0.39 is 5.97 Å². The van der Waals surface area contributed by atoms with Crippen molar-refractivity contribution in [2.45, 2.75) is 25.5 Å². The lowest BCUT2D eigenvalue weighted by molar-refractivity contribution is 0.0696. The normalized spacial score (nSPS) is 16.2. The average Bonchev–Trinajstić information content (AvgIpc) is 2.58. The number of aromatic nitrogens is 1. The van der Waals surface area contributed by atoms with Gasteiger partial charge in [-0.1, -0.05) is 0 Å². The van der Waals surface area contributed by atoms with Crippen LogP contribution in [0.5, 0.6) is 5.75 Å². The van der Waals surface area contributed by atoms with Gasteiger partial charge in [-0.25, -0.2) is 4.79 Å².